The zero-order valence-corrected chi connectivity index (χ0v) is 39.5. The van der Waals surface area contributed by atoms with E-state index in [4.69, 9.17) is 0 Å². The number of nitrogens with zero attached hydrogens (tertiary/aromatic N) is 6. The zero-order chi connectivity index (χ0) is 48.6. The fourth-order valence-corrected chi connectivity index (χ4v) is 11.6. The maximum Gasteiger partial charge on any atom is 0.101 e. The summed E-state index contributed by atoms with van der Waals surface area (Å²) in [5.74, 6) is 0. The molecule has 13 aromatic rings. The molecule has 0 amide bonds. The molecule has 0 saturated carbocycles. The molecule has 0 spiro atoms. The van der Waals surface area contributed by atoms with Crippen molar-refractivity contribution < 1.29 is 0 Å². The molecule has 2 heterocycles. The van der Waals surface area contributed by atoms with E-state index < -0.39 is 0 Å². The van der Waals surface area contributed by atoms with Gasteiger partial charge in [0, 0.05) is 55.7 Å². The largest absolute Gasteiger partial charge is 0.310 e. The highest BCUT2D eigenvalue weighted by atomic mass is 15.1. The predicted molar refractivity (Wildman–Crippen MR) is 300 cm³/mol. The molecule has 0 N–H and O–H groups in total. The molecule has 11 aromatic carbocycles. The molecule has 0 bridgehead atoms. The third-order valence-corrected chi connectivity index (χ3v) is 14.7. The molecule has 14 rings (SSSR count). The van der Waals surface area contributed by atoms with Crippen LogP contribution in [0.1, 0.15) is 22.3 Å². The van der Waals surface area contributed by atoms with Crippen molar-refractivity contribution in [3.8, 4) is 34.6 Å². The highest BCUT2D eigenvalue weighted by Gasteiger charge is 2.28. The second-order valence-corrected chi connectivity index (χ2v) is 18.7. The van der Waals surface area contributed by atoms with Crippen molar-refractivity contribution in [1.82, 2.24) is 9.13 Å². The number of anilines is 6. The Morgan fingerprint density at radius 1 is 0.342 bits per heavy atom. The predicted octanol–water partition coefficient (Wildman–Crippen LogP) is 17.3. The van der Waals surface area contributed by atoms with E-state index in [0.717, 1.165) is 94.9 Å². The van der Waals surface area contributed by atoms with Gasteiger partial charge in [0.1, 0.15) is 12.1 Å². The van der Waals surface area contributed by atoms with Crippen molar-refractivity contribution in [3.63, 3.8) is 0 Å². The summed E-state index contributed by atoms with van der Waals surface area (Å²) in [6.45, 7) is 0. The van der Waals surface area contributed by atoms with Gasteiger partial charge < -0.3 is 18.9 Å². The summed E-state index contributed by atoms with van der Waals surface area (Å²) in [6.07, 6.45) is 0.791. The first-order valence-corrected chi connectivity index (χ1v) is 24.6. The van der Waals surface area contributed by atoms with Crippen LogP contribution in [0.15, 0.2) is 243 Å². The molecule has 6 nitrogen and oxygen atoms in total. The third kappa shape index (κ3) is 6.56. The number of benzene rings is 11. The molecule has 0 radical (unpaired) electrons. The molecule has 1 aliphatic carbocycles. The van der Waals surface area contributed by atoms with E-state index in [0.29, 0.717) is 22.5 Å². The van der Waals surface area contributed by atoms with Gasteiger partial charge in [-0.1, -0.05) is 133 Å². The van der Waals surface area contributed by atoms with E-state index in [1.54, 1.807) is 0 Å². The average Bonchev–Trinajstić information content (AvgIpc) is 4.12. The maximum absolute atomic E-state index is 11.4. The lowest BCUT2D eigenvalue weighted by molar-refractivity contribution is 1.12. The number of hydrogen-bond acceptors (Lipinski definition) is 4. The van der Waals surface area contributed by atoms with Crippen molar-refractivity contribution >= 4 is 88.5 Å². The van der Waals surface area contributed by atoms with Crippen LogP contribution in [0.4, 0.5) is 34.1 Å². The van der Waals surface area contributed by atoms with Crippen molar-refractivity contribution in [2.45, 2.75) is 6.42 Å². The summed E-state index contributed by atoms with van der Waals surface area (Å²) in [6, 6.07) is 90.1. The maximum atomic E-state index is 11.4. The van der Waals surface area contributed by atoms with E-state index in [1.165, 1.54) is 22.3 Å². The van der Waals surface area contributed by atoms with Crippen LogP contribution >= 0.6 is 0 Å². The summed E-state index contributed by atoms with van der Waals surface area (Å²) >= 11 is 0. The normalized spacial score (nSPS) is 11.8. The number of nitriles is 2. The molecule has 73 heavy (non-hydrogen) atoms. The third-order valence-electron chi connectivity index (χ3n) is 14.7. The molecular weight excluding hydrogens is 889 g/mol. The monoisotopic (exact) mass is 930 g/mol. The molecule has 0 unspecified atom stereocenters. The summed E-state index contributed by atoms with van der Waals surface area (Å²) in [5.41, 5.74) is 17.3. The second-order valence-electron chi connectivity index (χ2n) is 18.7. The zero-order valence-electron chi connectivity index (χ0n) is 39.5. The van der Waals surface area contributed by atoms with E-state index in [-0.39, 0.29) is 0 Å². The van der Waals surface area contributed by atoms with Gasteiger partial charge in [-0.2, -0.15) is 10.5 Å². The Labute approximate surface area is 421 Å². The molecule has 0 fully saturated rings. The molecule has 0 saturated heterocycles. The second kappa shape index (κ2) is 16.8. The minimum atomic E-state index is 0.458. The fourth-order valence-electron chi connectivity index (χ4n) is 11.6. The van der Waals surface area contributed by atoms with Crippen LogP contribution in [0.3, 0.4) is 0 Å². The SMILES string of the molecule is N#Cc1cc(-n2c3ccc(N(c4ccccc4)c4ccccc4)cc3c3c4ccccc4ccc32)c(C#N)cc1-n1c2ccc(N(c3ccccc3)c3ccccc3)cc2c2c3c(ccc21)-c1ccccc1C3. The van der Waals surface area contributed by atoms with Gasteiger partial charge in [-0.15, -0.1) is 0 Å². The van der Waals surface area contributed by atoms with Crippen LogP contribution in [0.2, 0.25) is 0 Å². The van der Waals surface area contributed by atoms with Gasteiger partial charge in [-0.3, -0.25) is 0 Å². The average molecular weight is 931 g/mol. The smallest absolute Gasteiger partial charge is 0.101 e. The summed E-state index contributed by atoms with van der Waals surface area (Å²) < 4.78 is 4.40. The van der Waals surface area contributed by atoms with E-state index in [9.17, 15) is 10.5 Å². The molecule has 1 aliphatic rings. The lowest BCUT2D eigenvalue weighted by atomic mass is 10.0. The van der Waals surface area contributed by atoms with Crippen LogP contribution in [-0.2, 0) is 6.42 Å². The Hall–Kier alpha value is -10.1. The molecule has 6 heteroatoms. The van der Waals surface area contributed by atoms with Gasteiger partial charge in [-0.25, -0.2) is 0 Å². The first-order chi connectivity index (χ1) is 36.1. The Balaban J connectivity index is 1.01. The van der Waals surface area contributed by atoms with Crippen LogP contribution in [0.25, 0.3) is 76.9 Å². The summed E-state index contributed by atoms with van der Waals surface area (Å²) in [7, 11) is 0. The number of rotatable bonds is 8. The number of hydrogen-bond donors (Lipinski definition) is 0. The quantitative estimate of drug-likeness (QED) is 0.152. The molecule has 2 aromatic heterocycles. The van der Waals surface area contributed by atoms with Gasteiger partial charge >= 0.3 is 0 Å². The van der Waals surface area contributed by atoms with E-state index in [2.05, 4.69) is 237 Å². The lowest BCUT2D eigenvalue weighted by Crippen LogP contribution is -2.09. The minimum absolute atomic E-state index is 0.458. The molecule has 0 atom stereocenters. The molecule has 0 aliphatic heterocycles. The van der Waals surface area contributed by atoms with Crippen LogP contribution < -0.4 is 9.80 Å². The van der Waals surface area contributed by atoms with Crippen LogP contribution in [0.5, 0.6) is 0 Å². The Bertz CT molecular complexity index is 4350. The number of fused-ring (bicyclic) bond motifs is 12. The van der Waals surface area contributed by atoms with Gasteiger partial charge in [0.15, 0.2) is 0 Å². The first kappa shape index (κ1) is 41.8. The Morgan fingerprint density at radius 2 is 0.781 bits per heavy atom. The number of aromatic nitrogens is 2. The van der Waals surface area contributed by atoms with Crippen molar-refractivity contribution in [2.24, 2.45) is 0 Å². The first-order valence-electron chi connectivity index (χ1n) is 24.6. The summed E-state index contributed by atoms with van der Waals surface area (Å²) in [4.78, 5) is 4.57. The standard InChI is InChI=1S/C67H42N6/c68-42-46-39-65(73-61-35-31-53(71(50-23-9-3-10-24-50)51-25-11-4-12-26-51)41-59(61)67-57-37-45-18-14-15-27-54(45)56(57)32-36-63(67)73)47(43-69)38-64(46)72-60-34-30-52(70(48-19-5-1-6-20-48)49-21-7-2-8-22-49)40-58(60)66-55-28-16-13-17-44(55)29-33-62(66)72/h1-36,38-41H,37H2. The van der Waals surface area contributed by atoms with Gasteiger partial charge in [0.25, 0.3) is 0 Å². The van der Waals surface area contributed by atoms with Gasteiger partial charge in [-0.05, 0) is 149 Å². The van der Waals surface area contributed by atoms with E-state index in [1.807, 2.05) is 36.4 Å². The van der Waals surface area contributed by atoms with Gasteiger partial charge in [0.2, 0.25) is 0 Å². The van der Waals surface area contributed by atoms with Gasteiger partial charge in [0.05, 0.1) is 44.6 Å². The topological polar surface area (TPSA) is 63.9 Å². The highest BCUT2D eigenvalue weighted by molar-refractivity contribution is 6.22. The summed E-state index contributed by atoms with van der Waals surface area (Å²) in [5, 5.41) is 29.4. The van der Waals surface area contributed by atoms with Crippen molar-refractivity contribution in [2.75, 3.05) is 9.80 Å². The molecular formula is C67H42N6. The highest BCUT2D eigenvalue weighted by Crippen LogP contribution is 2.48. The Morgan fingerprint density at radius 3 is 1.32 bits per heavy atom. The number of para-hydroxylation sites is 4. The minimum Gasteiger partial charge on any atom is -0.310 e. The van der Waals surface area contributed by atoms with E-state index >= 15 is 0 Å². The Kier molecular flexibility index (Phi) is 9.61. The van der Waals surface area contributed by atoms with Crippen molar-refractivity contribution in [1.29, 1.82) is 10.5 Å². The fraction of sp³-hybridized carbons (Fsp3) is 0.0149. The van der Waals surface area contributed by atoms with Crippen LogP contribution in [0, 0.1) is 22.7 Å². The van der Waals surface area contributed by atoms with Crippen molar-refractivity contribution in [3.05, 3.63) is 265 Å². The lowest BCUT2D eigenvalue weighted by Gasteiger charge is -2.25. The van der Waals surface area contributed by atoms with Crippen LogP contribution in [-0.4, -0.2) is 9.13 Å². The molecule has 340 valence electrons.